The number of fused-ring (bicyclic) bond motifs is 1. The fourth-order valence-corrected chi connectivity index (χ4v) is 3.33. The molecule has 0 aromatic heterocycles. The molecule has 0 bridgehead atoms. The summed E-state index contributed by atoms with van der Waals surface area (Å²) in [4.78, 5) is 1.49. The van der Waals surface area contributed by atoms with Crippen LogP contribution in [0.25, 0.3) is 0 Å². The summed E-state index contributed by atoms with van der Waals surface area (Å²) in [5.74, 6) is 1.85. The summed E-state index contributed by atoms with van der Waals surface area (Å²) in [6.45, 7) is 7.81. The minimum absolute atomic E-state index is 0.553. The highest BCUT2D eigenvalue weighted by Gasteiger charge is 2.17. The van der Waals surface area contributed by atoms with Crippen molar-refractivity contribution in [2.24, 2.45) is 0 Å². The maximum atomic E-state index is 3.51. The van der Waals surface area contributed by atoms with E-state index in [-0.39, 0.29) is 0 Å². The van der Waals surface area contributed by atoms with Gasteiger partial charge < -0.3 is 5.32 Å². The molecule has 0 fully saturated rings. The number of benzene rings is 1. The SMILES string of the molecule is CCNC(C)C(C)c1ccc2c(c1)CCS2. The van der Waals surface area contributed by atoms with E-state index in [4.69, 9.17) is 0 Å². The Morgan fingerprint density at radius 3 is 2.94 bits per heavy atom. The minimum atomic E-state index is 0.553. The molecule has 0 radical (unpaired) electrons. The van der Waals surface area contributed by atoms with Gasteiger partial charge in [-0.25, -0.2) is 0 Å². The average Bonchev–Trinajstić information content (AvgIpc) is 2.75. The molecule has 2 atom stereocenters. The number of hydrogen-bond donors (Lipinski definition) is 1. The first kappa shape index (κ1) is 12.0. The van der Waals surface area contributed by atoms with Crippen LogP contribution in [0.15, 0.2) is 23.1 Å². The van der Waals surface area contributed by atoms with Gasteiger partial charge in [-0.3, -0.25) is 0 Å². The van der Waals surface area contributed by atoms with E-state index in [1.54, 1.807) is 5.56 Å². The molecule has 16 heavy (non-hydrogen) atoms. The second kappa shape index (κ2) is 5.24. The molecule has 2 rings (SSSR count). The van der Waals surface area contributed by atoms with Crippen molar-refractivity contribution in [2.75, 3.05) is 12.3 Å². The van der Waals surface area contributed by atoms with E-state index >= 15 is 0 Å². The fraction of sp³-hybridized carbons (Fsp3) is 0.571. The average molecular weight is 235 g/mol. The normalized spacial score (nSPS) is 18.2. The number of hydrogen-bond acceptors (Lipinski definition) is 2. The summed E-state index contributed by atoms with van der Waals surface area (Å²) < 4.78 is 0. The lowest BCUT2D eigenvalue weighted by atomic mass is 9.92. The number of likely N-dealkylation sites (N-methyl/N-ethyl adjacent to an activating group) is 1. The third-order valence-electron chi connectivity index (χ3n) is 3.52. The molecule has 1 aliphatic heterocycles. The third kappa shape index (κ3) is 2.44. The van der Waals surface area contributed by atoms with Gasteiger partial charge in [0, 0.05) is 16.7 Å². The molecule has 2 unspecified atom stereocenters. The van der Waals surface area contributed by atoms with Gasteiger partial charge in [0.05, 0.1) is 0 Å². The van der Waals surface area contributed by atoms with Gasteiger partial charge in [0.2, 0.25) is 0 Å². The molecule has 0 saturated carbocycles. The van der Waals surface area contributed by atoms with E-state index in [1.807, 2.05) is 11.8 Å². The predicted molar refractivity (Wildman–Crippen MR) is 72.4 cm³/mol. The summed E-state index contributed by atoms with van der Waals surface area (Å²) in [5.41, 5.74) is 3.03. The Kier molecular flexibility index (Phi) is 3.93. The first-order chi connectivity index (χ1) is 7.72. The summed E-state index contributed by atoms with van der Waals surface area (Å²) in [7, 11) is 0. The number of thioether (sulfide) groups is 1. The van der Waals surface area contributed by atoms with Gasteiger partial charge in [-0.15, -0.1) is 11.8 Å². The maximum absolute atomic E-state index is 3.51. The Morgan fingerprint density at radius 1 is 1.38 bits per heavy atom. The second-order valence-electron chi connectivity index (χ2n) is 4.60. The van der Waals surface area contributed by atoms with Crippen molar-refractivity contribution in [3.05, 3.63) is 29.3 Å². The lowest BCUT2D eigenvalue weighted by Crippen LogP contribution is -2.30. The van der Waals surface area contributed by atoms with E-state index < -0.39 is 0 Å². The Balaban J connectivity index is 2.14. The van der Waals surface area contributed by atoms with Crippen LogP contribution in [0.2, 0.25) is 0 Å². The second-order valence-corrected chi connectivity index (χ2v) is 5.74. The highest BCUT2D eigenvalue weighted by Crippen LogP contribution is 2.33. The van der Waals surface area contributed by atoms with Crippen LogP contribution in [0.3, 0.4) is 0 Å². The van der Waals surface area contributed by atoms with Crippen LogP contribution in [-0.2, 0) is 6.42 Å². The molecule has 1 aliphatic rings. The molecule has 88 valence electrons. The van der Waals surface area contributed by atoms with Gasteiger partial charge >= 0.3 is 0 Å². The van der Waals surface area contributed by atoms with Crippen molar-refractivity contribution in [3.63, 3.8) is 0 Å². The van der Waals surface area contributed by atoms with Crippen molar-refractivity contribution in [1.29, 1.82) is 0 Å². The summed E-state index contributed by atoms with van der Waals surface area (Å²) >= 11 is 1.99. The first-order valence-electron chi connectivity index (χ1n) is 6.21. The Labute approximate surface area is 103 Å². The topological polar surface area (TPSA) is 12.0 Å². The van der Waals surface area contributed by atoms with Gasteiger partial charge in [-0.1, -0.05) is 26.0 Å². The predicted octanol–water partition coefficient (Wildman–Crippen LogP) is 3.44. The number of rotatable bonds is 4. The van der Waals surface area contributed by atoms with Gasteiger partial charge in [-0.05, 0) is 43.0 Å². The van der Waals surface area contributed by atoms with Gasteiger partial charge in [0.1, 0.15) is 0 Å². The summed E-state index contributed by atoms with van der Waals surface area (Å²) in [6.07, 6.45) is 1.25. The minimum Gasteiger partial charge on any atom is -0.314 e. The lowest BCUT2D eigenvalue weighted by Gasteiger charge is -2.21. The van der Waals surface area contributed by atoms with Crippen LogP contribution in [-0.4, -0.2) is 18.3 Å². The largest absolute Gasteiger partial charge is 0.314 e. The monoisotopic (exact) mass is 235 g/mol. The molecular formula is C14H21NS. The molecule has 2 heteroatoms. The number of aryl methyl sites for hydroxylation is 1. The Morgan fingerprint density at radius 2 is 2.19 bits per heavy atom. The van der Waals surface area contributed by atoms with E-state index in [0.717, 1.165) is 6.54 Å². The Bertz CT molecular complexity index is 362. The van der Waals surface area contributed by atoms with Crippen LogP contribution < -0.4 is 5.32 Å². The van der Waals surface area contributed by atoms with Crippen molar-refractivity contribution >= 4 is 11.8 Å². The molecule has 0 amide bonds. The number of nitrogens with one attached hydrogen (secondary N) is 1. The zero-order chi connectivity index (χ0) is 11.5. The Hall–Kier alpha value is -0.470. The molecular weight excluding hydrogens is 214 g/mol. The molecule has 1 aromatic carbocycles. The van der Waals surface area contributed by atoms with Crippen molar-refractivity contribution in [3.8, 4) is 0 Å². The van der Waals surface area contributed by atoms with E-state index in [2.05, 4.69) is 44.3 Å². The van der Waals surface area contributed by atoms with Gasteiger partial charge in [0.25, 0.3) is 0 Å². The molecule has 0 saturated heterocycles. The third-order valence-corrected chi connectivity index (χ3v) is 4.63. The van der Waals surface area contributed by atoms with Gasteiger partial charge in [0.15, 0.2) is 0 Å². The molecule has 0 spiro atoms. The first-order valence-corrected chi connectivity index (χ1v) is 7.20. The highest BCUT2D eigenvalue weighted by molar-refractivity contribution is 7.99. The summed E-state index contributed by atoms with van der Waals surface area (Å²) in [5, 5.41) is 3.51. The molecule has 0 aliphatic carbocycles. The van der Waals surface area contributed by atoms with Crippen LogP contribution in [0.1, 0.15) is 37.8 Å². The van der Waals surface area contributed by atoms with Crippen LogP contribution in [0, 0.1) is 0 Å². The molecule has 1 nitrogen and oxygen atoms in total. The fourth-order valence-electron chi connectivity index (χ4n) is 2.28. The highest BCUT2D eigenvalue weighted by atomic mass is 32.2. The van der Waals surface area contributed by atoms with Gasteiger partial charge in [-0.2, -0.15) is 0 Å². The van der Waals surface area contributed by atoms with Crippen molar-refractivity contribution in [2.45, 2.75) is 44.0 Å². The smallest absolute Gasteiger partial charge is 0.0105 e. The van der Waals surface area contributed by atoms with Crippen LogP contribution in [0.5, 0.6) is 0 Å². The van der Waals surface area contributed by atoms with Crippen LogP contribution >= 0.6 is 11.8 Å². The zero-order valence-corrected chi connectivity index (χ0v) is 11.2. The van der Waals surface area contributed by atoms with E-state index in [1.165, 1.54) is 22.6 Å². The van der Waals surface area contributed by atoms with Crippen molar-refractivity contribution < 1.29 is 0 Å². The van der Waals surface area contributed by atoms with Crippen molar-refractivity contribution in [1.82, 2.24) is 5.32 Å². The van der Waals surface area contributed by atoms with Crippen LogP contribution in [0.4, 0.5) is 0 Å². The summed E-state index contributed by atoms with van der Waals surface area (Å²) in [6, 6.07) is 7.57. The molecule has 1 aromatic rings. The lowest BCUT2D eigenvalue weighted by molar-refractivity contribution is 0.494. The standard InChI is InChI=1S/C14H21NS/c1-4-15-11(3)10(2)12-5-6-14-13(9-12)7-8-16-14/h5-6,9-11,15H,4,7-8H2,1-3H3. The molecule has 1 heterocycles. The quantitative estimate of drug-likeness (QED) is 0.858. The molecule has 1 N–H and O–H groups in total. The van der Waals surface area contributed by atoms with E-state index in [9.17, 15) is 0 Å². The zero-order valence-electron chi connectivity index (χ0n) is 10.4. The maximum Gasteiger partial charge on any atom is 0.0105 e. The van der Waals surface area contributed by atoms with E-state index in [0.29, 0.717) is 12.0 Å².